The summed E-state index contributed by atoms with van der Waals surface area (Å²) in [4.78, 5) is 19.4. The number of benzene rings is 1. The van der Waals surface area contributed by atoms with Crippen molar-refractivity contribution in [1.29, 1.82) is 0 Å². The summed E-state index contributed by atoms with van der Waals surface area (Å²) in [6.07, 6.45) is 3.59. The van der Waals surface area contributed by atoms with E-state index in [-0.39, 0.29) is 24.0 Å². The Kier molecular flexibility index (Phi) is 9.68. The number of aromatic nitrogens is 2. The first-order valence-electron chi connectivity index (χ1n) is 9.10. The zero-order chi connectivity index (χ0) is 18.0. The van der Waals surface area contributed by atoms with Crippen LogP contribution in [-0.2, 0) is 0 Å². The number of anilines is 1. The lowest BCUT2D eigenvalue weighted by molar-refractivity contribution is 0.370. The van der Waals surface area contributed by atoms with E-state index in [1.165, 1.54) is 4.90 Å². The van der Waals surface area contributed by atoms with Crippen LogP contribution in [0.4, 0.5) is 5.95 Å². The SMILES string of the molecule is CCNC(=NCCSc1ccccc1)N1CCN(c2ncccn2)CC1.I. The smallest absolute Gasteiger partial charge is 0.225 e. The van der Waals surface area contributed by atoms with E-state index in [9.17, 15) is 0 Å². The van der Waals surface area contributed by atoms with Gasteiger partial charge in [0.2, 0.25) is 5.95 Å². The normalized spacial score (nSPS) is 14.6. The molecule has 0 unspecified atom stereocenters. The van der Waals surface area contributed by atoms with Gasteiger partial charge in [-0.05, 0) is 25.1 Å². The molecule has 2 heterocycles. The van der Waals surface area contributed by atoms with Gasteiger partial charge in [-0.25, -0.2) is 9.97 Å². The number of hydrogen-bond donors (Lipinski definition) is 1. The summed E-state index contributed by atoms with van der Waals surface area (Å²) in [5.41, 5.74) is 0. The van der Waals surface area contributed by atoms with Gasteiger partial charge in [0.25, 0.3) is 0 Å². The first-order chi connectivity index (χ1) is 12.9. The van der Waals surface area contributed by atoms with Crippen LogP contribution in [0, 0.1) is 0 Å². The Morgan fingerprint density at radius 1 is 1.07 bits per heavy atom. The monoisotopic (exact) mass is 498 g/mol. The van der Waals surface area contributed by atoms with Crippen molar-refractivity contribution in [2.45, 2.75) is 11.8 Å². The third-order valence-corrected chi connectivity index (χ3v) is 5.11. The van der Waals surface area contributed by atoms with E-state index in [1.807, 2.05) is 23.9 Å². The lowest BCUT2D eigenvalue weighted by atomic mass is 10.3. The van der Waals surface area contributed by atoms with Crippen molar-refractivity contribution in [3.63, 3.8) is 0 Å². The maximum absolute atomic E-state index is 4.81. The maximum Gasteiger partial charge on any atom is 0.225 e. The standard InChI is InChI=1S/C19H26N6S.HI/c1-2-20-18(23-11-16-26-17-7-4-3-5-8-17)24-12-14-25(15-13-24)19-21-9-6-10-22-19;/h3-10H,2,11-16H2,1H3,(H,20,23);1H. The van der Waals surface area contributed by atoms with E-state index in [4.69, 9.17) is 4.99 Å². The van der Waals surface area contributed by atoms with Crippen LogP contribution in [0.15, 0.2) is 58.7 Å². The molecule has 1 aliphatic rings. The number of nitrogens with zero attached hydrogens (tertiary/aromatic N) is 5. The summed E-state index contributed by atoms with van der Waals surface area (Å²) in [6, 6.07) is 12.3. The minimum atomic E-state index is 0. The molecule has 1 N–H and O–H groups in total. The second kappa shape index (κ2) is 12.0. The Hall–Kier alpha value is -1.55. The Labute approximate surface area is 182 Å². The van der Waals surface area contributed by atoms with Gasteiger partial charge in [-0.1, -0.05) is 18.2 Å². The number of halogens is 1. The first kappa shape index (κ1) is 21.7. The molecule has 1 aromatic heterocycles. The number of rotatable bonds is 6. The van der Waals surface area contributed by atoms with E-state index >= 15 is 0 Å². The van der Waals surface area contributed by atoms with Gasteiger partial charge in [0.15, 0.2) is 5.96 Å². The van der Waals surface area contributed by atoms with Crippen LogP contribution in [0.2, 0.25) is 0 Å². The number of guanidine groups is 1. The van der Waals surface area contributed by atoms with Crippen molar-refractivity contribution in [1.82, 2.24) is 20.2 Å². The summed E-state index contributed by atoms with van der Waals surface area (Å²) in [5.74, 6) is 2.81. The quantitative estimate of drug-likeness (QED) is 0.217. The van der Waals surface area contributed by atoms with Gasteiger partial charge in [-0.3, -0.25) is 4.99 Å². The fourth-order valence-electron chi connectivity index (χ4n) is 2.83. The van der Waals surface area contributed by atoms with Crippen molar-refractivity contribution in [2.75, 3.05) is 49.9 Å². The molecule has 0 radical (unpaired) electrons. The number of aliphatic imine (C=N–C) groups is 1. The van der Waals surface area contributed by atoms with Crippen LogP contribution < -0.4 is 10.2 Å². The molecular formula is C19H27IN6S. The highest BCUT2D eigenvalue weighted by Crippen LogP contribution is 2.16. The molecule has 8 heteroatoms. The molecule has 3 rings (SSSR count). The number of hydrogen-bond acceptors (Lipinski definition) is 5. The second-order valence-electron chi connectivity index (χ2n) is 5.92. The number of thioether (sulfide) groups is 1. The summed E-state index contributed by atoms with van der Waals surface area (Å²) in [5, 5.41) is 3.42. The molecule has 1 aliphatic heterocycles. The molecule has 27 heavy (non-hydrogen) atoms. The summed E-state index contributed by atoms with van der Waals surface area (Å²) in [6.45, 7) is 7.48. The molecule has 2 aromatic rings. The van der Waals surface area contributed by atoms with Crippen molar-refractivity contribution in [3.05, 3.63) is 48.8 Å². The highest BCUT2D eigenvalue weighted by atomic mass is 127. The molecule has 0 amide bonds. The number of nitrogens with one attached hydrogen (secondary N) is 1. The van der Waals surface area contributed by atoms with Crippen molar-refractivity contribution >= 4 is 47.6 Å². The largest absolute Gasteiger partial charge is 0.357 e. The molecular weight excluding hydrogens is 471 g/mol. The zero-order valence-corrected chi connectivity index (χ0v) is 18.8. The van der Waals surface area contributed by atoms with E-state index in [1.54, 1.807) is 12.4 Å². The van der Waals surface area contributed by atoms with Crippen LogP contribution in [0.3, 0.4) is 0 Å². The van der Waals surface area contributed by atoms with Crippen molar-refractivity contribution in [3.8, 4) is 0 Å². The van der Waals surface area contributed by atoms with E-state index < -0.39 is 0 Å². The third kappa shape index (κ3) is 6.84. The second-order valence-corrected chi connectivity index (χ2v) is 7.09. The van der Waals surface area contributed by atoms with Crippen LogP contribution in [0.1, 0.15) is 6.92 Å². The van der Waals surface area contributed by atoms with Gasteiger partial charge in [-0.2, -0.15) is 0 Å². The van der Waals surface area contributed by atoms with Crippen LogP contribution in [0.5, 0.6) is 0 Å². The van der Waals surface area contributed by atoms with Crippen LogP contribution in [0.25, 0.3) is 0 Å². The molecule has 6 nitrogen and oxygen atoms in total. The van der Waals surface area contributed by atoms with Gasteiger partial charge < -0.3 is 15.1 Å². The van der Waals surface area contributed by atoms with E-state index in [0.29, 0.717) is 0 Å². The molecule has 0 bridgehead atoms. The highest BCUT2D eigenvalue weighted by molar-refractivity contribution is 14.0. The van der Waals surface area contributed by atoms with Crippen LogP contribution in [-0.4, -0.2) is 65.8 Å². The van der Waals surface area contributed by atoms with E-state index in [0.717, 1.165) is 56.9 Å². The van der Waals surface area contributed by atoms with Gasteiger partial charge in [0.05, 0.1) is 6.54 Å². The van der Waals surface area contributed by atoms with Crippen molar-refractivity contribution in [2.24, 2.45) is 4.99 Å². The molecule has 0 atom stereocenters. The Balaban J connectivity index is 0.00000261. The van der Waals surface area contributed by atoms with Gasteiger partial charge in [-0.15, -0.1) is 35.7 Å². The third-order valence-electron chi connectivity index (χ3n) is 4.11. The minimum absolute atomic E-state index is 0. The van der Waals surface area contributed by atoms with Gasteiger partial charge in [0, 0.05) is 55.8 Å². The highest BCUT2D eigenvalue weighted by Gasteiger charge is 2.20. The molecule has 0 saturated carbocycles. The molecule has 1 aromatic carbocycles. The Bertz CT molecular complexity index is 677. The zero-order valence-electron chi connectivity index (χ0n) is 15.6. The molecule has 0 aliphatic carbocycles. The molecule has 0 spiro atoms. The topological polar surface area (TPSA) is 56.7 Å². The van der Waals surface area contributed by atoms with E-state index in [2.05, 4.69) is 56.3 Å². The predicted octanol–water partition coefficient (Wildman–Crippen LogP) is 2.97. The summed E-state index contributed by atoms with van der Waals surface area (Å²) >= 11 is 1.85. The fraction of sp³-hybridized carbons (Fsp3) is 0.421. The lowest BCUT2D eigenvalue weighted by Crippen LogP contribution is -2.53. The molecule has 1 fully saturated rings. The number of piperazine rings is 1. The fourth-order valence-corrected chi connectivity index (χ4v) is 3.60. The lowest BCUT2D eigenvalue weighted by Gasteiger charge is -2.36. The maximum atomic E-state index is 4.81. The summed E-state index contributed by atoms with van der Waals surface area (Å²) in [7, 11) is 0. The summed E-state index contributed by atoms with van der Waals surface area (Å²) < 4.78 is 0. The molecule has 146 valence electrons. The minimum Gasteiger partial charge on any atom is -0.357 e. The first-order valence-corrected chi connectivity index (χ1v) is 10.1. The average molecular weight is 498 g/mol. The van der Waals surface area contributed by atoms with Gasteiger partial charge >= 0.3 is 0 Å². The Morgan fingerprint density at radius 3 is 2.44 bits per heavy atom. The predicted molar refractivity (Wildman–Crippen MR) is 124 cm³/mol. The van der Waals surface area contributed by atoms with Crippen LogP contribution >= 0.6 is 35.7 Å². The molecule has 1 saturated heterocycles. The van der Waals surface area contributed by atoms with Gasteiger partial charge in [0.1, 0.15) is 0 Å². The average Bonchev–Trinajstić information content (AvgIpc) is 2.72. The van der Waals surface area contributed by atoms with Crippen molar-refractivity contribution < 1.29 is 0 Å². The Morgan fingerprint density at radius 2 is 1.78 bits per heavy atom.